The Morgan fingerprint density at radius 3 is 2.44 bits per heavy atom. The standard InChI is InChI=1S/C11H23N3O2/c1-5-7-8(6-2)13-10(15)11(3,4)9(12)14-16/h8,16H,5-7H2,1-4H3,(H2,12,14)(H,13,15). The van der Waals surface area contributed by atoms with Crippen LogP contribution < -0.4 is 11.1 Å². The molecule has 4 N–H and O–H groups in total. The summed E-state index contributed by atoms with van der Waals surface area (Å²) >= 11 is 0. The Morgan fingerprint density at radius 1 is 1.50 bits per heavy atom. The topological polar surface area (TPSA) is 87.7 Å². The van der Waals surface area contributed by atoms with Crippen LogP contribution in [0.2, 0.25) is 0 Å². The molecule has 0 aliphatic carbocycles. The largest absolute Gasteiger partial charge is 0.409 e. The van der Waals surface area contributed by atoms with Crippen molar-refractivity contribution < 1.29 is 10.0 Å². The molecule has 0 aliphatic rings. The van der Waals surface area contributed by atoms with Crippen LogP contribution in [0.1, 0.15) is 47.0 Å². The molecule has 0 aromatic carbocycles. The van der Waals surface area contributed by atoms with Gasteiger partial charge in [0.2, 0.25) is 5.91 Å². The third kappa shape index (κ3) is 3.72. The van der Waals surface area contributed by atoms with E-state index in [4.69, 9.17) is 10.9 Å². The molecule has 0 saturated carbocycles. The lowest BCUT2D eigenvalue weighted by Crippen LogP contribution is -2.49. The fourth-order valence-corrected chi connectivity index (χ4v) is 1.33. The summed E-state index contributed by atoms with van der Waals surface area (Å²) in [7, 11) is 0. The van der Waals surface area contributed by atoms with E-state index in [2.05, 4.69) is 17.4 Å². The average molecular weight is 229 g/mol. The van der Waals surface area contributed by atoms with Gasteiger partial charge < -0.3 is 16.3 Å². The molecule has 5 nitrogen and oxygen atoms in total. The monoisotopic (exact) mass is 229 g/mol. The van der Waals surface area contributed by atoms with Crippen molar-refractivity contribution in [2.24, 2.45) is 16.3 Å². The minimum Gasteiger partial charge on any atom is -0.409 e. The molecule has 1 amide bonds. The summed E-state index contributed by atoms with van der Waals surface area (Å²) in [5.74, 6) is -0.278. The number of nitrogens with one attached hydrogen (secondary N) is 1. The van der Waals surface area contributed by atoms with E-state index in [0.717, 1.165) is 19.3 Å². The molecule has 16 heavy (non-hydrogen) atoms. The molecule has 0 bridgehead atoms. The summed E-state index contributed by atoms with van der Waals surface area (Å²) in [5.41, 5.74) is 4.51. The maximum atomic E-state index is 11.9. The number of carbonyl (C=O) groups excluding carboxylic acids is 1. The predicted octanol–water partition coefficient (Wildman–Crippen LogP) is 1.45. The van der Waals surface area contributed by atoms with Crippen molar-refractivity contribution in [1.82, 2.24) is 5.32 Å². The molecular weight excluding hydrogens is 206 g/mol. The Kier molecular flexibility index (Phi) is 5.85. The molecule has 0 radical (unpaired) electrons. The number of amides is 1. The zero-order valence-corrected chi connectivity index (χ0v) is 10.6. The van der Waals surface area contributed by atoms with Crippen LogP contribution in [0.4, 0.5) is 0 Å². The first-order valence-corrected chi connectivity index (χ1v) is 5.69. The summed E-state index contributed by atoms with van der Waals surface area (Å²) in [6.45, 7) is 7.37. The van der Waals surface area contributed by atoms with Gasteiger partial charge in [0.1, 0.15) is 5.41 Å². The first-order chi connectivity index (χ1) is 7.39. The van der Waals surface area contributed by atoms with E-state index in [0.29, 0.717) is 0 Å². The third-order valence-electron chi connectivity index (χ3n) is 2.78. The molecule has 94 valence electrons. The van der Waals surface area contributed by atoms with Gasteiger partial charge in [-0.25, -0.2) is 0 Å². The van der Waals surface area contributed by atoms with E-state index in [9.17, 15) is 4.79 Å². The van der Waals surface area contributed by atoms with Crippen molar-refractivity contribution in [1.29, 1.82) is 0 Å². The van der Waals surface area contributed by atoms with Crippen LogP contribution in [0, 0.1) is 5.41 Å². The number of nitrogens with zero attached hydrogens (tertiary/aromatic N) is 1. The molecule has 0 heterocycles. The zero-order valence-electron chi connectivity index (χ0n) is 10.6. The summed E-state index contributed by atoms with van der Waals surface area (Å²) in [6, 6.07) is 0.156. The van der Waals surface area contributed by atoms with Crippen LogP contribution in [0.25, 0.3) is 0 Å². The molecule has 5 heteroatoms. The molecule has 0 spiro atoms. The zero-order chi connectivity index (χ0) is 12.8. The summed E-state index contributed by atoms with van der Waals surface area (Å²) in [5, 5.41) is 14.4. The second-order valence-electron chi connectivity index (χ2n) is 4.48. The maximum absolute atomic E-state index is 11.9. The van der Waals surface area contributed by atoms with Crippen LogP contribution in [0.15, 0.2) is 5.16 Å². The molecule has 0 aromatic heterocycles. The fourth-order valence-electron chi connectivity index (χ4n) is 1.33. The van der Waals surface area contributed by atoms with Crippen LogP contribution in [0.3, 0.4) is 0 Å². The maximum Gasteiger partial charge on any atom is 0.233 e. The van der Waals surface area contributed by atoms with Gasteiger partial charge in [0.15, 0.2) is 5.84 Å². The van der Waals surface area contributed by atoms with Crippen LogP contribution in [0.5, 0.6) is 0 Å². The molecular formula is C11H23N3O2. The number of rotatable bonds is 6. The van der Waals surface area contributed by atoms with Crippen molar-refractivity contribution in [3.63, 3.8) is 0 Å². The molecule has 0 aliphatic heterocycles. The first-order valence-electron chi connectivity index (χ1n) is 5.69. The Morgan fingerprint density at radius 2 is 2.06 bits per heavy atom. The van der Waals surface area contributed by atoms with Gasteiger partial charge in [-0.3, -0.25) is 4.79 Å². The van der Waals surface area contributed by atoms with Gasteiger partial charge >= 0.3 is 0 Å². The number of hydrogen-bond acceptors (Lipinski definition) is 3. The molecule has 1 atom stereocenters. The van der Waals surface area contributed by atoms with E-state index in [-0.39, 0.29) is 17.8 Å². The SMILES string of the molecule is CCCC(CC)NC(=O)C(C)(C)C(N)=NO. The molecule has 1 unspecified atom stereocenters. The van der Waals surface area contributed by atoms with E-state index < -0.39 is 5.41 Å². The van der Waals surface area contributed by atoms with E-state index >= 15 is 0 Å². The van der Waals surface area contributed by atoms with Gasteiger partial charge in [-0.2, -0.15) is 0 Å². The summed E-state index contributed by atoms with van der Waals surface area (Å²) < 4.78 is 0. The van der Waals surface area contributed by atoms with Crippen molar-refractivity contribution in [2.45, 2.75) is 53.0 Å². The Labute approximate surface area is 97.1 Å². The Hall–Kier alpha value is -1.26. The lowest BCUT2D eigenvalue weighted by Gasteiger charge is -2.25. The van der Waals surface area contributed by atoms with E-state index in [1.807, 2.05) is 6.92 Å². The predicted molar refractivity (Wildman–Crippen MR) is 64.3 cm³/mol. The van der Waals surface area contributed by atoms with Crippen molar-refractivity contribution >= 4 is 11.7 Å². The molecule has 0 saturated heterocycles. The normalized spacial score (nSPS) is 14.6. The summed E-state index contributed by atoms with van der Waals surface area (Å²) in [4.78, 5) is 11.9. The van der Waals surface area contributed by atoms with Crippen molar-refractivity contribution in [3.8, 4) is 0 Å². The first kappa shape index (κ1) is 14.7. The minimum absolute atomic E-state index is 0.0728. The van der Waals surface area contributed by atoms with Gasteiger partial charge in [0, 0.05) is 6.04 Å². The fraction of sp³-hybridized carbons (Fsp3) is 0.818. The van der Waals surface area contributed by atoms with Gasteiger partial charge in [-0.05, 0) is 26.7 Å². The second-order valence-corrected chi connectivity index (χ2v) is 4.48. The van der Waals surface area contributed by atoms with Crippen molar-refractivity contribution in [2.75, 3.05) is 0 Å². The highest BCUT2D eigenvalue weighted by atomic mass is 16.4. The lowest BCUT2D eigenvalue weighted by molar-refractivity contribution is -0.127. The number of oxime groups is 1. The Balaban J connectivity index is 4.55. The van der Waals surface area contributed by atoms with Crippen LogP contribution >= 0.6 is 0 Å². The average Bonchev–Trinajstić information content (AvgIpc) is 2.26. The highest BCUT2D eigenvalue weighted by molar-refractivity contribution is 6.05. The van der Waals surface area contributed by atoms with Gasteiger partial charge in [0.25, 0.3) is 0 Å². The van der Waals surface area contributed by atoms with Gasteiger partial charge in [0.05, 0.1) is 0 Å². The van der Waals surface area contributed by atoms with Gasteiger partial charge in [-0.15, -0.1) is 0 Å². The minimum atomic E-state index is -0.976. The van der Waals surface area contributed by atoms with Crippen molar-refractivity contribution in [3.05, 3.63) is 0 Å². The number of carbonyl (C=O) groups is 1. The molecule has 0 rings (SSSR count). The van der Waals surface area contributed by atoms with E-state index in [1.54, 1.807) is 13.8 Å². The Bertz CT molecular complexity index is 262. The highest BCUT2D eigenvalue weighted by Gasteiger charge is 2.33. The number of amidine groups is 1. The smallest absolute Gasteiger partial charge is 0.233 e. The summed E-state index contributed by atoms with van der Waals surface area (Å²) in [6.07, 6.45) is 2.84. The second kappa shape index (κ2) is 6.35. The highest BCUT2D eigenvalue weighted by Crippen LogP contribution is 2.16. The lowest BCUT2D eigenvalue weighted by atomic mass is 9.90. The quantitative estimate of drug-likeness (QED) is 0.279. The third-order valence-corrected chi connectivity index (χ3v) is 2.78. The van der Waals surface area contributed by atoms with Crippen LogP contribution in [-0.4, -0.2) is 23.0 Å². The number of nitrogens with two attached hydrogens (primary N) is 1. The molecule has 0 fully saturated rings. The van der Waals surface area contributed by atoms with Gasteiger partial charge in [-0.1, -0.05) is 25.4 Å². The van der Waals surface area contributed by atoms with Crippen LogP contribution in [-0.2, 0) is 4.79 Å². The van der Waals surface area contributed by atoms with E-state index in [1.165, 1.54) is 0 Å². The molecule has 0 aromatic rings. The number of hydrogen-bond donors (Lipinski definition) is 3.